The van der Waals surface area contributed by atoms with E-state index in [2.05, 4.69) is 15.8 Å². The van der Waals surface area contributed by atoms with E-state index in [0.717, 1.165) is 11.3 Å². The molecule has 1 aromatic heterocycles. The lowest BCUT2D eigenvalue weighted by atomic mass is 10.1. The quantitative estimate of drug-likeness (QED) is 0.528. The third-order valence-electron chi connectivity index (χ3n) is 4.06. The molecule has 8 nitrogen and oxygen atoms in total. The van der Waals surface area contributed by atoms with E-state index in [4.69, 9.17) is 14.0 Å². The van der Waals surface area contributed by atoms with Crippen LogP contribution in [0.2, 0.25) is 0 Å². The summed E-state index contributed by atoms with van der Waals surface area (Å²) < 4.78 is 16.1. The van der Waals surface area contributed by atoms with E-state index >= 15 is 0 Å². The smallest absolute Gasteiger partial charge is 0.238 e. The molecule has 30 heavy (non-hydrogen) atoms. The SMILES string of the molecule is CCOc1ccc(CCNC(=O)CSC(C)C(=O)Nc2cc(C)on2)cc1OCC. The van der Waals surface area contributed by atoms with E-state index in [9.17, 15) is 9.59 Å². The van der Waals surface area contributed by atoms with Crippen molar-refractivity contribution in [3.05, 3.63) is 35.6 Å². The van der Waals surface area contributed by atoms with E-state index in [1.807, 2.05) is 32.0 Å². The van der Waals surface area contributed by atoms with Gasteiger partial charge in [-0.3, -0.25) is 9.59 Å². The van der Waals surface area contributed by atoms with Gasteiger partial charge in [0.15, 0.2) is 17.3 Å². The molecule has 2 amide bonds. The second kappa shape index (κ2) is 12.1. The Morgan fingerprint density at radius 3 is 2.57 bits per heavy atom. The molecule has 0 saturated heterocycles. The van der Waals surface area contributed by atoms with Crippen LogP contribution in [0.4, 0.5) is 5.82 Å². The summed E-state index contributed by atoms with van der Waals surface area (Å²) in [5, 5.41) is 8.87. The fraction of sp³-hybridized carbons (Fsp3) is 0.476. The molecule has 9 heteroatoms. The van der Waals surface area contributed by atoms with Crippen LogP contribution in [-0.2, 0) is 16.0 Å². The number of carbonyl (C=O) groups is 2. The molecule has 164 valence electrons. The van der Waals surface area contributed by atoms with Crippen LogP contribution in [0.1, 0.15) is 32.1 Å². The fourth-order valence-electron chi connectivity index (χ4n) is 2.58. The number of hydrogen-bond acceptors (Lipinski definition) is 7. The minimum Gasteiger partial charge on any atom is -0.490 e. The highest BCUT2D eigenvalue weighted by Gasteiger charge is 2.16. The van der Waals surface area contributed by atoms with Gasteiger partial charge in [-0.25, -0.2) is 0 Å². The number of amides is 2. The van der Waals surface area contributed by atoms with Crippen molar-refractivity contribution in [1.82, 2.24) is 10.5 Å². The van der Waals surface area contributed by atoms with Gasteiger partial charge in [0.1, 0.15) is 5.76 Å². The molecule has 1 unspecified atom stereocenters. The van der Waals surface area contributed by atoms with Crippen molar-refractivity contribution in [2.75, 3.05) is 30.8 Å². The minimum atomic E-state index is -0.396. The molecule has 0 aliphatic carbocycles. The van der Waals surface area contributed by atoms with Crippen LogP contribution in [0.3, 0.4) is 0 Å². The zero-order chi connectivity index (χ0) is 21.9. The standard InChI is InChI=1S/C21H29N3O5S/c1-5-27-17-8-7-16(12-18(17)28-6-2)9-10-22-20(25)13-30-15(4)21(26)23-19-11-14(3)29-24-19/h7-8,11-12,15H,5-6,9-10,13H2,1-4H3,(H,22,25)(H,23,24,26). The van der Waals surface area contributed by atoms with Crippen LogP contribution in [0.25, 0.3) is 0 Å². The first-order valence-electron chi connectivity index (χ1n) is 9.93. The number of aromatic nitrogens is 1. The van der Waals surface area contributed by atoms with Gasteiger partial charge in [-0.1, -0.05) is 11.2 Å². The number of rotatable bonds is 12. The number of anilines is 1. The Kier molecular flexibility index (Phi) is 9.53. The molecule has 0 aliphatic heterocycles. The normalized spacial score (nSPS) is 11.6. The second-order valence-corrected chi connectivity index (χ2v) is 7.84. The monoisotopic (exact) mass is 435 g/mol. The summed E-state index contributed by atoms with van der Waals surface area (Å²) in [7, 11) is 0. The largest absolute Gasteiger partial charge is 0.490 e. The summed E-state index contributed by atoms with van der Waals surface area (Å²) in [6.07, 6.45) is 0.671. The van der Waals surface area contributed by atoms with Crippen molar-refractivity contribution in [1.29, 1.82) is 0 Å². The van der Waals surface area contributed by atoms with E-state index in [1.54, 1.807) is 19.9 Å². The predicted molar refractivity (Wildman–Crippen MR) is 117 cm³/mol. The van der Waals surface area contributed by atoms with Gasteiger partial charge in [-0.2, -0.15) is 0 Å². The van der Waals surface area contributed by atoms with Gasteiger partial charge in [-0.15, -0.1) is 11.8 Å². The lowest BCUT2D eigenvalue weighted by Gasteiger charge is -2.13. The van der Waals surface area contributed by atoms with Crippen LogP contribution in [0.15, 0.2) is 28.8 Å². The third kappa shape index (κ3) is 7.62. The number of benzene rings is 1. The highest BCUT2D eigenvalue weighted by molar-refractivity contribution is 8.01. The minimum absolute atomic E-state index is 0.118. The number of carbonyl (C=O) groups excluding carboxylic acids is 2. The van der Waals surface area contributed by atoms with Gasteiger partial charge in [-0.05, 0) is 51.8 Å². The molecule has 0 saturated carbocycles. The van der Waals surface area contributed by atoms with Crippen molar-refractivity contribution in [2.24, 2.45) is 0 Å². The molecule has 2 N–H and O–H groups in total. The summed E-state index contributed by atoms with van der Waals surface area (Å²) in [6.45, 7) is 8.97. The van der Waals surface area contributed by atoms with Gasteiger partial charge < -0.3 is 24.6 Å². The van der Waals surface area contributed by atoms with E-state index < -0.39 is 5.25 Å². The lowest BCUT2D eigenvalue weighted by Crippen LogP contribution is -2.30. The molecule has 2 aromatic rings. The van der Waals surface area contributed by atoms with Gasteiger partial charge in [0, 0.05) is 12.6 Å². The van der Waals surface area contributed by atoms with E-state index in [-0.39, 0.29) is 17.6 Å². The maximum atomic E-state index is 12.1. The number of nitrogens with one attached hydrogen (secondary N) is 2. The highest BCUT2D eigenvalue weighted by atomic mass is 32.2. The first kappa shape index (κ1) is 23.6. The number of ether oxygens (including phenoxy) is 2. The predicted octanol–water partition coefficient (Wildman–Crippen LogP) is 3.20. The van der Waals surface area contributed by atoms with Gasteiger partial charge >= 0.3 is 0 Å². The Labute approximate surface area is 181 Å². The van der Waals surface area contributed by atoms with Crippen LogP contribution in [0, 0.1) is 6.92 Å². The van der Waals surface area contributed by atoms with Crippen molar-refractivity contribution >= 4 is 29.4 Å². The molecule has 0 spiro atoms. The molecular formula is C21H29N3O5S. The van der Waals surface area contributed by atoms with Crippen molar-refractivity contribution in [3.63, 3.8) is 0 Å². The van der Waals surface area contributed by atoms with E-state index in [1.165, 1.54) is 11.8 Å². The van der Waals surface area contributed by atoms with Gasteiger partial charge in [0.05, 0.1) is 24.2 Å². The fourth-order valence-corrected chi connectivity index (χ4v) is 3.29. The van der Waals surface area contributed by atoms with Crippen LogP contribution in [-0.4, -0.2) is 47.7 Å². The zero-order valence-corrected chi connectivity index (χ0v) is 18.6. The van der Waals surface area contributed by atoms with Crippen molar-refractivity contribution < 1.29 is 23.6 Å². The first-order chi connectivity index (χ1) is 14.4. The Bertz CT molecular complexity index is 840. The molecule has 0 bridgehead atoms. The molecule has 1 heterocycles. The van der Waals surface area contributed by atoms with Crippen LogP contribution >= 0.6 is 11.8 Å². The Morgan fingerprint density at radius 2 is 1.90 bits per heavy atom. The van der Waals surface area contributed by atoms with Crippen molar-refractivity contribution in [2.45, 2.75) is 39.4 Å². The van der Waals surface area contributed by atoms with Gasteiger partial charge in [0.25, 0.3) is 0 Å². The zero-order valence-electron chi connectivity index (χ0n) is 17.8. The summed E-state index contributed by atoms with van der Waals surface area (Å²) >= 11 is 1.26. The summed E-state index contributed by atoms with van der Waals surface area (Å²) in [6, 6.07) is 7.43. The lowest BCUT2D eigenvalue weighted by molar-refractivity contribution is -0.118. The molecular weight excluding hydrogens is 406 g/mol. The third-order valence-corrected chi connectivity index (χ3v) is 5.20. The van der Waals surface area contributed by atoms with Gasteiger partial charge in [0.2, 0.25) is 11.8 Å². The maximum absolute atomic E-state index is 12.1. The van der Waals surface area contributed by atoms with Crippen LogP contribution < -0.4 is 20.1 Å². The number of thioether (sulfide) groups is 1. The summed E-state index contributed by atoms with van der Waals surface area (Å²) in [4.78, 5) is 24.2. The van der Waals surface area contributed by atoms with Crippen LogP contribution in [0.5, 0.6) is 11.5 Å². The number of aryl methyl sites for hydroxylation is 1. The molecule has 1 atom stereocenters. The van der Waals surface area contributed by atoms with Crippen molar-refractivity contribution in [3.8, 4) is 11.5 Å². The molecule has 0 radical (unpaired) electrons. The Morgan fingerprint density at radius 1 is 1.17 bits per heavy atom. The average molecular weight is 436 g/mol. The molecule has 0 aliphatic rings. The topological polar surface area (TPSA) is 103 Å². The summed E-state index contributed by atoms with van der Waals surface area (Å²) in [5.41, 5.74) is 1.05. The highest BCUT2D eigenvalue weighted by Crippen LogP contribution is 2.28. The first-order valence-corrected chi connectivity index (χ1v) is 11.0. The van der Waals surface area contributed by atoms with E-state index in [0.29, 0.717) is 43.5 Å². The Balaban J connectivity index is 1.72. The molecule has 1 aromatic carbocycles. The Hall–Kier alpha value is -2.68. The number of hydrogen-bond donors (Lipinski definition) is 2. The molecule has 0 fully saturated rings. The summed E-state index contributed by atoms with van der Waals surface area (Å²) in [5.74, 6) is 2.27. The maximum Gasteiger partial charge on any atom is 0.238 e. The second-order valence-electron chi connectivity index (χ2n) is 6.51. The molecule has 2 rings (SSSR count). The average Bonchev–Trinajstić information content (AvgIpc) is 3.12. The number of nitrogens with zero attached hydrogens (tertiary/aromatic N) is 1.